The summed E-state index contributed by atoms with van der Waals surface area (Å²) in [5.41, 5.74) is 8.26. The van der Waals surface area contributed by atoms with E-state index < -0.39 is 0 Å². The van der Waals surface area contributed by atoms with Gasteiger partial charge >= 0.3 is 0 Å². The fraction of sp³-hybridized carbons (Fsp3) is 0.0588. The van der Waals surface area contributed by atoms with Gasteiger partial charge in [-0.2, -0.15) is 10.5 Å². The third kappa shape index (κ3) is 2.11. The number of phenols is 1. The Balaban J connectivity index is 2.19. The Kier molecular flexibility index (Phi) is 3.17. The summed E-state index contributed by atoms with van der Waals surface area (Å²) in [6.45, 7) is 0. The molecule has 2 aromatic carbocycles. The van der Waals surface area contributed by atoms with E-state index in [4.69, 9.17) is 15.7 Å². The van der Waals surface area contributed by atoms with Crippen LogP contribution in [0.2, 0.25) is 0 Å². The van der Waals surface area contributed by atoms with Crippen molar-refractivity contribution in [2.24, 2.45) is 5.73 Å². The highest BCUT2D eigenvalue weighted by molar-refractivity contribution is 5.57. The summed E-state index contributed by atoms with van der Waals surface area (Å²) in [5, 5.41) is 27.9. The quantitative estimate of drug-likeness (QED) is 0.839. The van der Waals surface area contributed by atoms with Crippen molar-refractivity contribution < 1.29 is 9.84 Å². The van der Waals surface area contributed by atoms with Crippen molar-refractivity contribution >= 4 is 0 Å². The van der Waals surface area contributed by atoms with Crippen molar-refractivity contribution in [2.45, 2.75) is 5.92 Å². The lowest BCUT2D eigenvalue weighted by Crippen LogP contribution is -2.20. The molecule has 1 unspecified atom stereocenters. The molecule has 0 saturated carbocycles. The van der Waals surface area contributed by atoms with E-state index in [0.29, 0.717) is 16.9 Å². The summed E-state index contributed by atoms with van der Waals surface area (Å²) < 4.78 is 5.44. The van der Waals surface area contributed by atoms with Crippen LogP contribution in [-0.2, 0) is 0 Å². The molecule has 0 bridgehead atoms. The Labute approximate surface area is 127 Å². The summed E-state index contributed by atoms with van der Waals surface area (Å²) in [7, 11) is 0. The standard InChI is InChI=1S/C17H11N3O2/c18-8-10-1-3-11(4-2-10)16-13-6-5-12(21)7-15(13)22-17(20)14(16)9-19/h1-7,16,21H,20H2. The lowest BCUT2D eigenvalue weighted by molar-refractivity contribution is 0.388. The van der Waals surface area contributed by atoms with Gasteiger partial charge in [0.15, 0.2) is 0 Å². The van der Waals surface area contributed by atoms with Gasteiger partial charge in [0.2, 0.25) is 5.88 Å². The topological polar surface area (TPSA) is 103 Å². The van der Waals surface area contributed by atoms with Crippen LogP contribution in [0.25, 0.3) is 0 Å². The first kappa shape index (κ1) is 13.5. The molecular formula is C17H11N3O2. The molecule has 0 aliphatic carbocycles. The number of fused-ring (bicyclic) bond motifs is 1. The summed E-state index contributed by atoms with van der Waals surface area (Å²) in [6.07, 6.45) is 0. The van der Waals surface area contributed by atoms with Crippen LogP contribution in [0.3, 0.4) is 0 Å². The van der Waals surface area contributed by atoms with Gasteiger partial charge in [0.05, 0.1) is 17.6 Å². The zero-order valence-electron chi connectivity index (χ0n) is 11.4. The normalized spacial score (nSPS) is 16.2. The Hall–Kier alpha value is -3.44. The van der Waals surface area contributed by atoms with Gasteiger partial charge in [-0.1, -0.05) is 18.2 Å². The highest BCUT2D eigenvalue weighted by Crippen LogP contribution is 2.43. The Morgan fingerprint density at radius 2 is 1.77 bits per heavy atom. The minimum absolute atomic E-state index is 0.0231. The molecule has 0 aromatic heterocycles. The number of hydrogen-bond acceptors (Lipinski definition) is 5. The minimum Gasteiger partial charge on any atom is -0.508 e. The van der Waals surface area contributed by atoms with Gasteiger partial charge in [-0.25, -0.2) is 0 Å². The van der Waals surface area contributed by atoms with E-state index in [1.54, 1.807) is 30.3 Å². The molecule has 0 amide bonds. The lowest BCUT2D eigenvalue weighted by Gasteiger charge is -2.26. The van der Waals surface area contributed by atoms with Crippen LogP contribution in [0.4, 0.5) is 0 Å². The lowest BCUT2D eigenvalue weighted by atomic mass is 9.83. The zero-order valence-corrected chi connectivity index (χ0v) is 11.4. The zero-order chi connectivity index (χ0) is 15.7. The number of rotatable bonds is 1. The van der Waals surface area contributed by atoms with Crippen molar-refractivity contribution in [1.29, 1.82) is 10.5 Å². The van der Waals surface area contributed by atoms with E-state index in [-0.39, 0.29) is 17.6 Å². The van der Waals surface area contributed by atoms with Gasteiger partial charge in [-0.05, 0) is 23.8 Å². The molecule has 106 valence electrons. The predicted molar refractivity (Wildman–Crippen MR) is 78.6 cm³/mol. The largest absolute Gasteiger partial charge is 0.508 e. The number of allylic oxidation sites excluding steroid dienone is 1. The molecule has 5 nitrogen and oxygen atoms in total. The van der Waals surface area contributed by atoms with Gasteiger partial charge in [-0.15, -0.1) is 0 Å². The molecular weight excluding hydrogens is 278 g/mol. The number of phenolic OH excluding ortho intramolecular Hbond substituents is 1. The fourth-order valence-electron chi connectivity index (χ4n) is 2.54. The highest BCUT2D eigenvalue weighted by atomic mass is 16.5. The maximum absolute atomic E-state index is 9.58. The van der Waals surface area contributed by atoms with Crippen molar-refractivity contribution in [1.82, 2.24) is 0 Å². The van der Waals surface area contributed by atoms with Crippen LogP contribution in [0.5, 0.6) is 11.5 Å². The van der Waals surface area contributed by atoms with Crippen molar-refractivity contribution in [3.63, 3.8) is 0 Å². The van der Waals surface area contributed by atoms with Gasteiger partial charge < -0.3 is 15.6 Å². The maximum Gasteiger partial charge on any atom is 0.205 e. The summed E-state index contributed by atoms with van der Waals surface area (Å²) in [5.74, 6) is 0.119. The Morgan fingerprint density at radius 3 is 2.41 bits per heavy atom. The smallest absolute Gasteiger partial charge is 0.205 e. The van der Waals surface area contributed by atoms with Crippen LogP contribution in [0.15, 0.2) is 53.9 Å². The van der Waals surface area contributed by atoms with Crippen molar-refractivity contribution in [3.8, 4) is 23.6 Å². The SMILES string of the molecule is N#CC1=C(N)Oc2cc(O)ccc2C1c1ccc(C#N)cc1. The first-order valence-corrected chi connectivity index (χ1v) is 6.54. The molecule has 0 spiro atoms. The maximum atomic E-state index is 9.58. The minimum atomic E-state index is -0.387. The monoisotopic (exact) mass is 289 g/mol. The first-order valence-electron chi connectivity index (χ1n) is 6.54. The van der Waals surface area contributed by atoms with E-state index in [0.717, 1.165) is 11.1 Å². The van der Waals surface area contributed by atoms with E-state index in [1.165, 1.54) is 12.1 Å². The number of nitriles is 2. The molecule has 1 aliphatic heterocycles. The average Bonchev–Trinajstić information content (AvgIpc) is 2.53. The second-order valence-corrected chi connectivity index (χ2v) is 4.88. The molecule has 5 heteroatoms. The molecule has 0 fully saturated rings. The van der Waals surface area contributed by atoms with Crippen LogP contribution >= 0.6 is 0 Å². The van der Waals surface area contributed by atoms with Crippen LogP contribution in [0, 0.1) is 22.7 Å². The molecule has 3 N–H and O–H groups in total. The molecule has 2 aromatic rings. The molecule has 1 heterocycles. The first-order chi connectivity index (χ1) is 10.6. The third-order valence-corrected chi connectivity index (χ3v) is 3.58. The average molecular weight is 289 g/mol. The van der Waals surface area contributed by atoms with Gasteiger partial charge in [-0.3, -0.25) is 0 Å². The summed E-state index contributed by atoms with van der Waals surface area (Å²) >= 11 is 0. The van der Waals surface area contributed by atoms with Crippen molar-refractivity contribution in [2.75, 3.05) is 0 Å². The number of hydrogen-bond donors (Lipinski definition) is 2. The molecule has 0 saturated heterocycles. The van der Waals surface area contributed by atoms with Crippen molar-refractivity contribution in [3.05, 3.63) is 70.6 Å². The molecule has 22 heavy (non-hydrogen) atoms. The Bertz CT molecular complexity index is 855. The summed E-state index contributed by atoms with van der Waals surface area (Å²) in [4.78, 5) is 0. The predicted octanol–water partition coefficient (Wildman–Crippen LogP) is 2.48. The number of nitrogens with two attached hydrogens (primary N) is 1. The Morgan fingerprint density at radius 1 is 1.05 bits per heavy atom. The molecule has 0 radical (unpaired) electrons. The molecule has 1 aliphatic rings. The number of aromatic hydroxyl groups is 1. The van der Waals surface area contributed by atoms with E-state index >= 15 is 0 Å². The van der Waals surface area contributed by atoms with Crippen LogP contribution in [0.1, 0.15) is 22.6 Å². The second kappa shape index (κ2) is 5.16. The van der Waals surface area contributed by atoms with Gasteiger partial charge in [0.25, 0.3) is 0 Å². The van der Waals surface area contributed by atoms with Crippen LogP contribution < -0.4 is 10.5 Å². The summed E-state index contributed by atoms with van der Waals surface area (Å²) in [6, 6.07) is 15.8. The fourth-order valence-corrected chi connectivity index (χ4v) is 2.54. The van der Waals surface area contributed by atoms with E-state index in [9.17, 15) is 10.4 Å². The molecule has 3 rings (SSSR count). The van der Waals surface area contributed by atoms with Gasteiger partial charge in [0, 0.05) is 11.6 Å². The molecule has 1 atom stereocenters. The van der Waals surface area contributed by atoms with Gasteiger partial charge in [0.1, 0.15) is 23.1 Å². The number of ether oxygens (including phenoxy) is 1. The third-order valence-electron chi connectivity index (χ3n) is 3.58. The van der Waals surface area contributed by atoms with Crippen LogP contribution in [-0.4, -0.2) is 5.11 Å². The van der Waals surface area contributed by atoms with E-state index in [2.05, 4.69) is 12.1 Å². The van der Waals surface area contributed by atoms with E-state index in [1.807, 2.05) is 0 Å². The number of benzene rings is 2. The number of nitrogens with zero attached hydrogens (tertiary/aromatic N) is 2. The highest BCUT2D eigenvalue weighted by Gasteiger charge is 2.30. The second-order valence-electron chi connectivity index (χ2n) is 4.88.